The van der Waals surface area contributed by atoms with Crippen LogP contribution in [0.25, 0.3) is 0 Å². The summed E-state index contributed by atoms with van der Waals surface area (Å²) in [6, 6.07) is 6.73. The molecule has 1 N–H and O–H groups in total. The molecule has 0 radical (unpaired) electrons. The van der Waals surface area contributed by atoms with Gasteiger partial charge in [0.25, 0.3) is 0 Å². The van der Waals surface area contributed by atoms with E-state index in [1.807, 2.05) is 0 Å². The van der Waals surface area contributed by atoms with Crippen molar-refractivity contribution in [1.82, 2.24) is 5.32 Å². The molecule has 1 fully saturated rings. The minimum absolute atomic E-state index is 0.168. The summed E-state index contributed by atoms with van der Waals surface area (Å²) in [6.45, 7) is 5.86. The van der Waals surface area contributed by atoms with Crippen LogP contribution in [0.5, 0.6) is 5.75 Å². The third kappa shape index (κ3) is 3.14. The molecule has 0 amide bonds. The quantitative estimate of drug-likeness (QED) is 0.919. The zero-order chi connectivity index (χ0) is 13.8. The Balaban J connectivity index is 1.68. The third-order valence-electron chi connectivity index (χ3n) is 3.98. The molecular formula is C16H23NO3. The van der Waals surface area contributed by atoms with Gasteiger partial charge in [0.05, 0.1) is 32.5 Å². The van der Waals surface area contributed by atoms with Crippen molar-refractivity contribution >= 4 is 0 Å². The number of benzene rings is 1. The largest absolute Gasteiger partial charge is 0.493 e. The molecule has 1 aromatic carbocycles. The van der Waals surface area contributed by atoms with Crippen molar-refractivity contribution in [1.29, 1.82) is 0 Å². The number of fused-ring (bicyclic) bond motifs is 1. The van der Waals surface area contributed by atoms with Crippen molar-refractivity contribution in [2.45, 2.75) is 31.9 Å². The van der Waals surface area contributed by atoms with Gasteiger partial charge in [0.15, 0.2) is 0 Å². The van der Waals surface area contributed by atoms with E-state index in [-0.39, 0.29) is 6.10 Å². The second-order valence-electron chi connectivity index (χ2n) is 5.51. The molecule has 20 heavy (non-hydrogen) atoms. The minimum atomic E-state index is 0.168. The fourth-order valence-corrected chi connectivity index (χ4v) is 2.90. The van der Waals surface area contributed by atoms with Crippen LogP contribution in [0, 0.1) is 6.92 Å². The standard InChI is InChI=1S/C16H23NO3/c1-12-4-2-5-14-15(6-3-7-20-16(12)14)17-10-13-11-18-8-9-19-13/h2,4-5,13,15,17H,3,6-11H2,1H3. The summed E-state index contributed by atoms with van der Waals surface area (Å²) in [7, 11) is 0. The molecule has 0 spiro atoms. The van der Waals surface area contributed by atoms with Gasteiger partial charge in [-0.3, -0.25) is 0 Å². The van der Waals surface area contributed by atoms with Gasteiger partial charge < -0.3 is 19.5 Å². The monoisotopic (exact) mass is 277 g/mol. The lowest BCUT2D eigenvalue weighted by Crippen LogP contribution is -2.38. The Morgan fingerprint density at radius 2 is 2.20 bits per heavy atom. The second kappa shape index (κ2) is 6.57. The number of hydrogen-bond donors (Lipinski definition) is 1. The van der Waals surface area contributed by atoms with Crippen LogP contribution >= 0.6 is 0 Å². The van der Waals surface area contributed by atoms with E-state index in [2.05, 4.69) is 30.4 Å². The number of rotatable bonds is 3. The average Bonchev–Trinajstić information content (AvgIpc) is 2.70. The van der Waals surface area contributed by atoms with E-state index in [1.165, 1.54) is 11.1 Å². The molecule has 2 heterocycles. The van der Waals surface area contributed by atoms with Gasteiger partial charge in [0.1, 0.15) is 5.75 Å². The van der Waals surface area contributed by atoms with E-state index in [4.69, 9.17) is 14.2 Å². The van der Waals surface area contributed by atoms with Crippen LogP contribution in [-0.2, 0) is 9.47 Å². The van der Waals surface area contributed by atoms with E-state index < -0.39 is 0 Å². The average molecular weight is 277 g/mol. The number of aryl methyl sites for hydroxylation is 1. The van der Waals surface area contributed by atoms with Gasteiger partial charge in [-0.25, -0.2) is 0 Å². The topological polar surface area (TPSA) is 39.7 Å². The van der Waals surface area contributed by atoms with Gasteiger partial charge in [0.2, 0.25) is 0 Å². The predicted octanol–water partition coefficient (Wildman–Crippen LogP) is 2.21. The summed E-state index contributed by atoms with van der Waals surface area (Å²) in [5, 5.41) is 3.63. The highest BCUT2D eigenvalue weighted by atomic mass is 16.6. The minimum Gasteiger partial charge on any atom is -0.493 e. The maximum absolute atomic E-state index is 5.91. The Morgan fingerprint density at radius 3 is 3.05 bits per heavy atom. The molecule has 3 rings (SSSR count). The molecule has 0 saturated carbocycles. The van der Waals surface area contributed by atoms with E-state index in [0.717, 1.165) is 38.3 Å². The highest BCUT2D eigenvalue weighted by Crippen LogP contribution is 2.33. The molecule has 1 saturated heterocycles. The molecule has 4 nitrogen and oxygen atoms in total. The highest BCUT2D eigenvalue weighted by Gasteiger charge is 2.22. The summed E-state index contributed by atoms with van der Waals surface area (Å²) < 4.78 is 17.0. The van der Waals surface area contributed by atoms with E-state index in [0.29, 0.717) is 19.3 Å². The number of nitrogens with one attached hydrogen (secondary N) is 1. The maximum atomic E-state index is 5.91. The first kappa shape index (κ1) is 13.9. The van der Waals surface area contributed by atoms with Crippen LogP contribution in [0.4, 0.5) is 0 Å². The van der Waals surface area contributed by atoms with Crippen molar-refractivity contribution in [2.75, 3.05) is 33.0 Å². The Kier molecular flexibility index (Phi) is 4.55. The number of para-hydroxylation sites is 1. The molecule has 0 aliphatic carbocycles. The van der Waals surface area contributed by atoms with Crippen molar-refractivity contribution in [2.24, 2.45) is 0 Å². The summed E-state index contributed by atoms with van der Waals surface area (Å²) >= 11 is 0. The van der Waals surface area contributed by atoms with E-state index >= 15 is 0 Å². The molecular weight excluding hydrogens is 254 g/mol. The summed E-state index contributed by atoms with van der Waals surface area (Å²) in [5.74, 6) is 1.06. The lowest BCUT2D eigenvalue weighted by atomic mass is 9.99. The second-order valence-corrected chi connectivity index (χ2v) is 5.51. The van der Waals surface area contributed by atoms with Gasteiger partial charge in [0, 0.05) is 18.2 Å². The van der Waals surface area contributed by atoms with E-state index in [9.17, 15) is 0 Å². The number of ether oxygens (including phenoxy) is 3. The predicted molar refractivity (Wildman–Crippen MR) is 77.2 cm³/mol. The lowest BCUT2D eigenvalue weighted by molar-refractivity contribution is -0.0871. The Labute approximate surface area is 120 Å². The van der Waals surface area contributed by atoms with Crippen molar-refractivity contribution in [3.05, 3.63) is 29.3 Å². The molecule has 4 heteroatoms. The zero-order valence-corrected chi connectivity index (χ0v) is 12.1. The molecule has 0 aromatic heterocycles. The van der Waals surface area contributed by atoms with Crippen LogP contribution in [0.15, 0.2) is 18.2 Å². The molecule has 2 unspecified atom stereocenters. The van der Waals surface area contributed by atoms with Crippen LogP contribution in [0.3, 0.4) is 0 Å². The molecule has 2 aliphatic heterocycles. The van der Waals surface area contributed by atoms with Gasteiger partial charge in [-0.1, -0.05) is 18.2 Å². The lowest BCUT2D eigenvalue weighted by Gasteiger charge is -2.26. The van der Waals surface area contributed by atoms with Crippen molar-refractivity contribution < 1.29 is 14.2 Å². The Hall–Kier alpha value is -1.10. The first-order chi connectivity index (χ1) is 9.84. The highest BCUT2D eigenvalue weighted by molar-refractivity contribution is 5.43. The van der Waals surface area contributed by atoms with E-state index in [1.54, 1.807) is 0 Å². The van der Waals surface area contributed by atoms with Gasteiger partial charge in [-0.05, 0) is 25.3 Å². The fourth-order valence-electron chi connectivity index (χ4n) is 2.90. The van der Waals surface area contributed by atoms with Gasteiger partial charge in [-0.15, -0.1) is 0 Å². The molecule has 110 valence electrons. The first-order valence-corrected chi connectivity index (χ1v) is 7.49. The summed E-state index contributed by atoms with van der Waals surface area (Å²) in [6.07, 6.45) is 2.35. The zero-order valence-electron chi connectivity index (χ0n) is 12.1. The molecule has 0 bridgehead atoms. The first-order valence-electron chi connectivity index (χ1n) is 7.49. The molecule has 2 aliphatic rings. The van der Waals surface area contributed by atoms with Crippen molar-refractivity contribution in [3.63, 3.8) is 0 Å². The SMILES string of the molecule is Cc1cccc2c1OCCCC2NCC1COCCO1. The maximum Gasteiger partial charge on any atom is 0.126 e. The van der Waals surface area contributed by atoms with Crippen LogP contribution in [-0.4, -0.2) is 39.1 Å². The van der Waals surface area contributed by atoms with Crippen LogP contribution in [0.1, 0.15) is 30.0 Å². The van der Waals surface area contributed by atoms with Gasteiger partial charge >= 0.3 is 0 Å². The third-order valence-corrected chi connectivity index (χ3v) is 3.98. The molecule has 2 atom stereocenters. The fraction of sp³-hybridized carbons (Fsp3) is 0.625. The van der Waals surface area contributed by atoms with Crippen LogP contribution in [0.2, 0.25) is 0 Å². The van der Waals surface area contributed by atoms with Crippen molar-refractivity contribution in [3.8, 4) is 5.75 Å². The smallest absolute Gasteiger partial charge is 0.126 e. The number of hydrogen-bond acceptors (Lipinski definition) is 4. The van der Waals surface area contributed by atoms with Crippen LogP contribution < -0.4 is 10.1 Å². The van der Waals surface area contributed by atoms with Gasteiger partial charge in [-0.2, -0.15) is 0 Å². The Bertz CT molecular complexity index is 443. The molecule has 1 aromatic rings. The normalized spacial score (nSPS) is 26.4. The Morgan fingerprint density at radius 1 is 1.25 bits per heavy atom. The summed E-state index contributed by atoms with van der Waals surface area (Å²) in [4.78, 5) is 0. The summed E-state index contributed by atoms with van der Waals surface area (Å²) in [5.41, 5.74) is 2.49.